The lowest BCUT2D eigenvalue weighted by atomic mass is 9.96. The van der Waals surface area contributed by atoms with Gasteiger partial charge in [0.15, 0.2) is 6.61 Å². The van der Waals surface area contributed by atoms with Gasteiger partial charge in [-0.25, -0.2) is 0 Å². The van der Waals surface area contributed by atoms with Crippen molar-refractivity contribution in [3.8, 4) is 5.75 Å². The first-order valence-corrected chi connectivity index (χ1v) is 9.42. The molecule has 138 valence electrons. The van der Waals surface area contributed by atoms with Crippen molar-refractivity contribution < 1.29 is 9.53 Å². The van der Waals surface area contributed by atoms with Crippen molar-refractivity contribution in [1.82, 2.24) is 9.88 Å². The molecule has 4 rings (SSSR count). The molecule has 0 unspecified atom stereocenters. The molecule has 0 saturated carbocycles. The fourth-order valence-corrected chi connectivity index (χ4v) is 3.71. The molecule has 1 aromatic heterocycles. The Morgan fingerprint density at radius 3 is 2.70 bits per heavy atom. The minimum atomic E-state index is -0.00380. The van der Waals surface area contributed by atoms with Gasteiger partial charge in [-0.1, -0.05) is 35.9 Å². The monoisotopic (exact) mass is 380 g/mol. The average molecular weight is 381 g/mol. The number of nitrogens with zero attached hydrogens (tertiary/aromatic N) is 1. The van der Waals surface area contributed by atoms with Crippen LogP contribution in [0.4, 0.5) is 0 Å². The molecule has 1 aliphatic heterocycles. The van der Waals surface area contributed by atoms with Crippen LogP contribution >= 0.6 is 11.6 Å². The van der Waals surface area contributed by atoms with Crippen molar-refractivity contribution in [3.05, 3.63) is 70.9 Å². The van der Waals surface area contributed by atoms with Gasteiger partial charge >= 0.3 is 0 Å². The van der Waals surface area contributed by atoms with Gasteiger partial charge in [0.05, 0.1) is 0 Å². The van der Waals surface area contributed by atoms with E-state index in [1.807, 2.05) is 11.0 Å². The smallest absolute Gasteiger partial charge is 0.260 e. The number of amides is 1. The van der Waals surface area contributed by atoms with Crippen molar-refractivity contribution in [2.45, 2.75) is 13.3 Å². The third-order valence-electron chi connectivity index (χ3n) is 4.95. The van der Waals surface area contributed by atoms with Crippen molar-refractivity contribution >= 4 is 34.0 Å². The van der Waals surface area contributed by atoms with Gasteiger partial charge in [0, 0.05) is 40.3 Å². The summed E-state index contributed by atoms with van der Waals surface area (Å²) in [5, 5.41) is 1.89. The van der Waals surface area contributed by atoms with Crippen molar-refractivity contribution in [2.24, 2.45) is 0 Å². The van der Waals surface area contributed by atoms with Crippen molar-refractivity contribution in [3.63, 3.8) is 0 Å². The maximum absolute atomic E-state index is 12.5. The van der Waals surface area contributed by atoms with Gasteiger partial charge in [-0.15, -0.1) is 0 Å². The summed E-state index contributed by atoms with van der Waals surface area (Å²) >= 11 is 5.86. The van der Waals surface area contributed by atoms with E-state index in [0.717, 1.165) is 11.9 Å². The third-order valence-corrected chi connectivity index (χ3v) is 5.20. The number of H-pyrrole nitrogens is 1. The second kappa shape index (κ2) is 7.49. The van der Waals surface area contributed by atoms with Gasteiger partial charge in [-0.3, -0.25) is 4.79 Å². The lowest BCUT2D eigenvalue weighted by molar-refractivity contribution is -0.132. The van der Waals surface area contributed by atoms with Crippen LogP contribution in [0.15, 0.2) is 54.6 Å². The summed E-state index contributed by atoms with van der Waals surface area (Å²) in [5.74, 6) is 0.645. The number of ether oxygens (including phenoxy) is 1. The molecule has 0 atom stereocenters. The number of aromatic nitrogens is 1. The molecule has 0 saturated heterocycles. The second-order valence-electron chi connectivity index (χ2n) is 6.73. The maximum Gasteiger partial charge on any atom is 0.260 e. The third kappa shape index (κ3) is 3.71. The zero-order chi connectivity index (χ0) is 18.8. The number of aromatic amines is 1. The van der Waals surface area contributed by atoms with Crippen LogP contribution < -0.4 is 4.74 Å². The van der Waals surface area contributed by atoms with Crippen LogP contribution in [0.25, 0.3) is 16.5 Å². The molecule has 4 nitrogen and oxygen atoms in total. The van der Waals surface area contributed by atoms with Crippen LogP contribution in [0.3, 0.4) is 0 Å². The van der Waals surface area contributed by atoms with E-state index in [-0.39, 0.29) is 12.5 Å². The predicted octanol–water partition coefficient (Wildman–Crippen LogP) is 4.82. The first-order chi connectivity index (χ1) is 13.1. The van der Waals surface area contributed by atoms with Crippen LogP contribution in [0.1, 0.15) is 17.7 Å². The molecule has 0 aliphatic carbocycles. The van der Waals surface area contributed by atoms with Crippen LogP contribution in [-0.2, 0) is 4.79 Å². The average Bonchev–Trinajstić information content (AvgIpc) is 3.03. The summed E-state index contributed by atoms with van der Waals surface area (Å²) in [6.45, 7) is 3.45. The highest BCUT2D eigenvalue weighted by molar-refractivity contribution is 6.30. The highest BCUT2D eigenvalue weighted by Crippen LogP contribution is 2.32. The lowest BCUT2D eigenvalue weighted by Crippen LogP contribution is -2.37. The molecule has 5 heteroatoms. The van der Waals surface area contributed by atoms with Gasteiger partial charge in [0.1, 0.15) is 5.75 Å². The number of nitrogens with one attached hydrogen (secondary N) is 1. The molecule has 1 N–H and O–H groups in total. The molecule has 0 fully saturated rings. The normalized spacial score (nSPS) is 14.3. The van der Waals surface area contributed by atoms with Gasteiger partial charge < -0.3 is 14.6 Å². The van der Waals surface area contributed by atoms with Gasteiger partial charge in [0.2, 0.25) is 0 Å². The largest absolute Gasteiger partial charge is 0.484 e. The van der Waals surface area contributed by atoms with Crippen LogP contribution in [0.5, 0.6) is 5.75 Å². The molecule has 0 bridgehead atoms. The highest BCUT2D eigenvalue weighted by Gasteiger charge is 2.21. The zero-order valence-corrected chi connectivity index (χ0v) is 15.9. The Bertz CT molecular complexity index is 1000. The van der Waals surface area contributed by atoms with Gasteiger partial charge in [-0.2, -0.15) is 0 Å². The fraction of sp³-hybridized carbons (Fsp3) is 0.227. The summed E-state index contributed by atoms with van der Waals surface area (Å²) in [4.78, 5) is 17.7. The predicted molar refractivity (Wildman–Crippen MR) is 109 cm³/mol. The minimum Gasteiger partial charge on any atom is -0.484 e. The van der Waals surface area contributed by atoms with Crippen molar-refractivity contribution in [2.75, 3.05) is 19.7 Å². The van der Waals surface area contributed by atoms with Crippen LogP contribution in [-0.4, -0.2) is 35.5 Å². The molecular weight excluding hydrogens is 360 g/mol. The number of benzene rings is 2. The SMILES string of the molecule is Cc1[nH]c2ccccc2c1C1=CCN(C(=O)COc2ccc(Cl)cc2)CC1. The number of carbonyl (C=O) groups excluding carboxylic acids is 1. The first-order valence-electron chi connectivity index (χ1n) is 9.04. The fourth-order valence-electron chi connectivity index (χ4n) is 3.58. The summed E-state index contributed by atoms with van der Waals surface area (Å²) < 4.78 is 5.58. The van der Waals surface area contributed by atoms with E-state index in [9.17, 15) is 4.79 Å². The maximum atomic E-state index is 12.5. The Kier molecular flexibility index (Phi) is 4.90. The number of aryl methyl sites for hydroxylation is 1. The first kappa shape index (κ1) is 17.7. The Morgan fingerprint density at radius 1 is 1.19 bits per heavy atom. The van der Waals surface area contributed by atoms with Crippen LogP contribution in [0, 0.1) is 6.92 Å². The van der Waals surface area contributed by atoms with E-state index in [1.54, 1.807) is 24.3 Å². The number of fused-ring (bicyclic) bond motifs is 1. The van der Waals surface area contributed by atoms with Gasteiger partial charge in [-0.05, 0) is 49.2 Å². The molecular formula is C22H21ClN2O2. The number of halogens is 1. The number of hydrogen-bond acceptors (Lipinski definition) is 2. The van der Waals surface area contributed by atoms with E-state index in [1.165, 1.54) is 22.2 Å². The summed E-state index contributed by atoms with van der Waals surface area (Å²) in [6.07, 6.45) is 3.00. The van der Waals surface area contributed by atoms with Gasteiger partial charge in [0.25, 0.3) is 5.91 Å². The summed E-state index contributed by atoms with van der Waals surface area (Å²) in [7, 11) is 0. The van der Waals surface area contributed by atoms with E-state index in [2.05, 4.69) is 36.2 Å². The number of hydrogen-bond donors (Lipinski definition) is 1. The van der Waals surface area contributed by atoms with Crippen LogP contribution in [0.2, 0.25) is 5.02 Å². The number of para-hydroxylation sites is 1. The lowest BCUT2D eigenvalue weighted by Gasteiger charge is -2.26. The summed E-state index contributed by atoms with van der Waals surface area (Å²) in [5.41, 5.74) is 4.90. The molecule has 2 aromatic carbocycles. The Balaban J connectivity index is 1.42. The Morgan fingerprint density at radius 2 is 1.96 bits per heavy atom. The van der Waals surface area contributed by atoms with E-state index in [0.29, 0.717) is 23.9 Å². The molecule has 3 aromatic rings. The minimum absolute atomic E-state index is 0.00380. The van der Waals surface area contributed by atoms with E-state index >= 15 is 0 Å². The molecule has 0 radical (unpaired) electrons. The molecule has 1 aliphatic rings. The van der Waals surface area contributed by atoms with E-state index in [4.69, 9.17) is 16.3 Å². The Hall–Kier alpha value is -2.72. The van der Waals surface area contributed by atoms with Crippen molar-refractivity contribution in [1.29, 1.82) is 0 Å². The van der Waals surface area contributed by atoms with E-state index < -0.39 is 0 Å². The molecule has 1 amide bonds. The number of carbonyl (C=O) groups is 1. The quantitative estimate of drug-likeness (QED) is 0.705. The molecule has 2 heterocycles. The molecule has 0 spiro atoms. The summed E-state index contributed by atoms with van der Waals surface area (Å²) in [6, 6.07) is 15.4. The molecule has 27 heavy (non-hydrogen) atoms. The standard InChI is InChI=1S/C22H21ClN2O2/c1-15-22(19-4-2-3-5-20(19)24-15)16-10-12-25(13-11-16)21(26)14-27-18-8-6-17(23)7-9-18/h2-10,24H,11-14H2,1H3. The number of rotatable bonds is 4. The second-order valence-corrected chi connectivity index (χ2v) is 7.17. The zero-order valence-electron chi connectivity index (χ0n) is 15.2. The highest BCUT2D eigenvalue weighted by atomic mass is 35.5. The Labute approximate surface area is 163 Å². The topological polar surface area (TPSA) is 45.3 Å².